The van der Waals surface area contributed by atoms with Crippen LogP contribution in [0.1, 0.15) is 30.7 Å². The molecule has 10 heteroatoms. The van der Waals surface area contributed by atoms with Crippen LogP contribution >= 0.6 is 0 Å². The molecule has 3 aromatic rings. The zero-order valence-electron chi connectivity index (χ0n) is 15.6. The van der Waals surface area contributed by atoms with Gasteiger partial charge in [0, 0.05) is 31.7 Å². The van der Waals surface area contributed by atoms with Crippen LogP contribution in [0.15, 0.2) is 47.5 Å². The minimum absolute atomic E-state index is 0.148. The van der Waals surface area contributed by atoms with E-state index in [4.69, 9.17) is 0 Å². The molecule has 1 aromatic carbocycles. The summed E-state index contributed by atoms with van der Waals surface area (Å²) < 4.78 is 68.0. The Kier molecular flexibility index (Phi) is 4.86. The number of sulfonamides is 1. The molecular formula is C19H19F3N4O2S. The molecule has 1 saturated heterocycles. The summed E-state index contributed by atoms with van der Waals surface area (Å²) in [5, 5.41) is 0. The van der Waals surface area contributed by atoms with Gasteiger partial charge in [0.05, 0.1) is 10.5 Å². The molecule has 2 aromatic heterocycles. The number of hydrogen-bond donors (Lipinski definition) is 0. The molecule has 29 heavy (non-hydrogen) atoms. The van der Waals surface area contributed by atoms with E-state index in [-0.39, 0.29) is 23.9 Å². The molecule has 1 unspecified atom stereocenters. The van der Waals surface area contributed by atoms with E-state index >= 15 is 0 Å². The van der Waals surface area contributed by atoms with Crippen LogP contribution in [-0.2, 0) is 22.7 Å². The number of imidazole rings is 1. The van der Waals surface area contributed by atoms with Crippen molar-refractivity contribution in [1.82, 2.24) is 18.8 Å². The van der Waals surface area contributed by atoms with Crippen LogP contribution in [0.3, 0.4) is 0 Å². The van der Waals surface area contributed by atoms with E-state index in [1.165, 1.54) is 10.4 Å². The second kappa shape index (κ2) is 7.10. The van der Waals surface area contributed by atoms with Crippen LogP contribution < -0.4 is 0 Å². The van der Waals surface area contributed by atoms with E-state index in [1.54, 1.807) is 12.3 Å². The van der Waals surface area contributed by atoms with Crippen LogP contribution in [0, 0.1) is 0 Å². The molecule has 154 valence electrons. The number of alkyl halides is 3. The lowest BCUT2D eigenvalue weighted by molar-refractivity contribution is -0.137. The van der Waals surface area contributed by atoms with Crippen molar-refractivity contribution in [2.75, 3.05) is 13.1 Å². The normalized spacial score (nSPS) is 18.6. The Labute approximate surface area is 166 Å². The number of halogens is 3. The Hall–Kier alpha value is -2.46. The van der Waals surface area contributed by atoms with Gasteiger partial charge in [0.1, 0.15) is 11.3 Å². The third-order valence-electron chi connectivity index (χ3n) is 5.16. The van der Waals surface area contributed by atoms with Crippen molar-refractivity contribution < 1.29 is 21.6 Å². The first-order valence-corrected chi connectivity index (χ1v) is 10.6. The molecule has 6 nitrogen and oxygen atoms in total. The van der Waals surface area contributed by atoms with Crippen molar-refractivity contribution in [3.8, 4) is 0 Å². The third kappa shape index (κ3) is 3.51. The minimum atomic E-state index is -4.60. The number of pyridine rings is 1. The first-order chi connectivity index (χ1) is 13.7. The molecule has 0 amide bonds. The first kappa shape index (κ1) is 19.8. The monoisotopic (exact) mass is 424 g/mol. The van der Waals surface area contributed by atoms with Gasteiger partial charge in [-0.25, -0.2) is 18.4 Å². The molecule has 1 aliphatic rings. The van der Waals surface area contributed by atoms with Crippen molar-refractivity contribution in [1.29, 1.82) is 0 Å². The van der Waals surface area contributed by atoms with Gasteiger partial charge in [-0.1, -0.05) is 6.07 Å². The number of nitrogens with zero attached hydrogens (tertiary/aromatic N) is 4. The van der Waals surface area contributed by atoms with Crippen LogP contribution in [0.25, 0.3) is 11.2 Å². The molecule has 4 rings (SSSR count). The largest absolute Gasteiger partial charge is 0.416 e. The third-order valence-corrected chi connectivity index (χ3v) is 7.03. The second-order valence-corrected chi connectivity index (χ2v) is 8.87. The molecule has 0 radical (unpaired) electrons. The summed E-state index contributed by atoms with van der Waals surface area (Å²) in [7, 11) is -4.03. The zero-order chi connectivity index (χ0) is 20.8. The van der Waals surface area contributed by atoms with Gasteiger partial charge < -0.3 is 4.57 Å². The Morgan fingerprint density at radius 3 is 2.72 bits per heavy atom. The molecule has 1 atom stereocenters. The predicted molar refractivity (Wildman–Crippen MR) is 101 cm³/mol. The van der Waals surface area contributed by atoms with Gasteiger partial charge in [0.2, 0.25) is 10.0 Å². The van der Waals surface area contributed by atoms with Gasteiger partial charge in [-0.05, 0) is 43.7 Å². The predicted octanol–water partition coefficient (Wildman–Crippen LogP) is 3.65. The number of aromatic nitrogens is 3. The zero-order valence-corrected chi connectivity index (χ0v) is 16.4. The van der Waals surface area contributed by atoms with Crippen molar-refractivity contribution in [3.63, 3.8) is 0 Å². The van der Waals surface area contributed by atoms with Gasteiger partial charge in [-0.3, -0.25) is 0 Å². The summed E-state index contributed by atoms with van der Waals surface area (Å²) in [6.45, 7) is 3.00. The van der Waals surface area contributed by atoms with Gasteiger partial charge in [-0.15, -0.1) is 0 Å². The van der Waals surface area contributed by atoms with Gasteiger partial charge >= 0.3 is 6.18 Å². The van der Waals surface area contributed by atoms with Gasteiger partial charge in [0.25, 0.3) is 0 Å². The molecule has 0 spiro atoms. The average molecular weight is 424 g/mol. The summed E-state index contributed by atoms with van der Waals surface area (Å²) in [6, 6.07) is 7.51. The van der Waals surface area contributed by atoms with E-state index in [9.17, 15) is 21.6 Å². The number of aryl methyl sites for hydroxylation is 1. The molecule has 1 fully saturated rings. The number of rotatable bonds is 4. The number of benzene rings is 1. The minimum Gasteiger partial charge on any atom is -0.313 e. The molecule has 0 N–H and O–H groups in total. The maximum absolute atomic E-state index is 13.0. The smallest absolute Gasteiger partial charge is 0.313 e. The summed E-state index contributed by atoms with van der Waals surface area (Å²) in [4.78, 5) is 8.64. The topological polar surface area (TPSA) is 68.1 Å². The molecule has 0 saturated carbocycles. The van der Waals surface area contributed by atoms with Crippen molar-refractivity contribution in [2.45, 2.75) is 36.9 Å². The lowest BCUT2D eigenvalue weighted by Gasteiger charge is -2.18. The Morgan fingerprint density at radius 1 is 1.21 bits per heavy atom. The highest BCUT2D eigenvalue weighted by Gasteiger charge is 2.37. The van der Waals surface area contributed by atoms with Crippen molar-refractivity contribution in [2.24, 2.45) is 0 Å². The maximum Gasteiger partial charge on any atom is 0.416 e. The van der Waals surface area contributed by atoms with E-state index in [2.05, 4.69) is 9.97 Å². The van der Waals surface area contributed by atoms with Crippen molar-refractivity contribution in [3.05, 3.63) is 54.0 Å². The summed E-state index contributed by atoms with van der Waals surface area (Å²) in [5.41, 5.74) is 0.501. The van der Waals surface area contributed by atoms with E-state index in [0.717, 1.165) is 29.1 Å². The SMILES string of the molecule is CCn1c(C2CCN(S(=O)(=O)c3cccc(C(F)(F)F)c3)C2)nc2cccnc21. The lowest BCUT2D eigenvalue weighted by Crippen LogP contribution is -2.29. The lowest BCUT2D eigenvalue weighted by atomic mass is 10.1. The van der Waals surface area contributed by atoms with E-state index in [0.29, 0.717) is 19.0 Å². The standard InChI is InChI=1S/C19H19F3N4O2S/c1-2-26-17(24-16-7-4-9-23-18(16)26)13-8-10-25(12-13)29(27,28)15-6-3-5-14(11-15)19(20,21)22/h3-7,9,11,13H,2,8,10,12H2,1H3. The second-order valence-electron chi connectivity index (χ2n) is 6.93. The molecule has 0 bridgehead atoms. The average Bonchev–Trinajstić information content (AvgIpc) is 3.32. The molecule has 3 heterocycles. The molecule has 0 aliphatic carbocycles. The first-order valence-electron chi connectivity index (χ1n) is 9.20. The fourth-order valence-corrected chi connectivity index (χ4v) is 5.29. The number of hydrogen-bond acceptors (Lipinski definition) is 4. The quantitative estimate of drug-likeness (QED) is 0.641. The maximum atomic E-state index is 13.0. The van der Waals surface area contributed by atoms with E-state index < -0.39 is 21.8 Å². The van der Waals surface area contributed by atoms with Crippen LogP contribution in [-0.4, -0.2) is 40.3 Å². The van der Waals surface area contributed by atoms with E-state index in [1.807, 2.05) is 17.6 Å². The van der Waals surface area contributed by atoms with Gasteiger partial charge in [-0.2, -0.15) is 17.5 Å². The fraction of sp³-hybridized carbons (Fsp3) is 0.368. The van der Waals surface area contributed by atoms with Crippen LogP contribution in [0.2, 0.25) is 0 Å². The van der Waals surface area contributed by atoms with Crippen molar-refractivity contribution >= 4 is 21.2 Å². The van der Waals surface area contributed by atoms with Gasteiger partial charge in [0.15, 0.2) is 5.65 Å². The molecular weight excluding hydrogens is 405 g/mol. The Morgan fingerprint density at radius 2 is 2.00 bits per heavy atom. The Balaban J connectivity index is 1.63. The number of fused-ring (bicyclic) bond motifs is 1. The summed E-state index contributed by atoms with van der Waals surface area (Å²) >= 11 is 0. The van der Waals surface area contributed by atoms with Crippen LogP contribution in [0.5, 0.6) is 0 Å². The summed E-state index contributed by atoms with van der Waals surface area (Å²) in [5.74, 6) is 0.604. The van der Waals surface area contributed by atoms with Crippen LogP contribution in [0.4, 0.5) is 13.2 Å². The molecule has 1 aliphatic heterocycles. The highest BCUT2D eigenvalue weighted by atomic mass is 32.2. The highest BCUT2D eigenvalue weighted by molar-refractivity contribution is 7.89. The fourth-order valence-electron chi connectivity index (χ4n) is 3.74. The highest BCUT2D eigenvalue weighted by Crippen LogP contribution is 2.34. The Bertz CT molecular complexity index is 1160. The summed E-state index contributed by atoms with van der Waals surface area (Å²) in [6.07, 6.45) is -2.38.